The first-order chi connectivity index (χ1) is 5.25. The second-order valence-electron chi connectivity index (χ2n) is 1.57. The molecule has 0 fully saturated rings. The van der Waals surface area contributed by atoms with Gasteiger partial charge in [0.1, 0.15) is 10.1 Å². The zero-order chi connectivity index (χ0) is 9.94. The molecule has 11 heteroatoms. The summed E-state index contributed by atoms with van der Waals surface area (Å²) in [6.45, 7) is 0. The van der Waals surface area contributed by atoms with Gasteiger partial charge in [-0.25, -0.2) is 8.42 Å². The molecule has 0 bridgehead atoms. The van der Waals surface area contributed by atoms with E-state index in [1.807, 2.05) is 0 Å². The molecule has 0 heterocycles. The molecule has 0 aromatic rings. The van der Waals surface area contributed by atoms with Crippen molar-refractivity contribution >= 4 is 22.1 Å². The molecule has 0 saturated heterocycles. The van der Waals surface area contributed by atoms with Gasteiger partial charge in [0.15, 0.2) is 0 Å². The van der Waals surface area contributed by atoms with Crippen LogP contribution in [0.5, 0.6) is 0 Å². The van der Waals surface area contributed by atoms with Crippen molar-refractivity contribution in [3.8, 4) is 0 Å². The average Bonchev–Trinajstić information content (AvgIpc) is 1.79. The van der Waals surface area contributed by atoms with Crippen LogP contribution in [0.3, 0.4) is 0 Å². The van der Waals surface area contributed by atoms with E-state index in [0.717, 1.165) is 0 Å². The Bertz CT molecular complexity index is 345. The quantitative estimate of drug-likeness (QED) is 0.279. The van der Waals surface area contributed by atoms with Gasteiger partial charge in [-0.1, -0.05) is 0 Å². The van der Waals surface area contributed by atoms with E-state index in [1.165, 1.54) is 0 Å². The van der Waals surface area contributed by atoms with E-state index in [-0.39, 0.29) is 94.7 Å². The van der Waals surface area contributed by atoms with E-state index >= 15 is 0 Å². The number of carboxylic acids is 2. The minimum absolute atomic E-state index is 0. The maximum atomic E-state index is 9.97. The van der Waals surface area contributed by atoms with Crippen LogP contribution in [-0.2, 0) is 19.7 Å². The standard InChI is InChI=1S/C4H4O7S.3Na/c5-3(6)1-2(4(7)8)12(9,10)11;;;/h1H,(H,5,6)(H,7,8)(H,9,10,11);;;/q;3*+1/p-3/b2-1+;;;. The van der Waals surface area contributed by atoms with Gasteiger partial charge in [-0.05, 0) is 6.08 Å². The third kappa shape index (κ3) is 11.8. The summed E-state index contributed by atoms with van der Waals surface area (Å²) in [5, 5.41) is 19.5. The molecule has 0 radical (unpaired) electrons. The van der Waals surface area contributed by atoms with E-state index in [1.54, 1.807) is 0 Å². The topological polar surface area (TPSA) is 137 Å². The Hall–Kier alpha value is 1.59. The van der Waals surface area contributed by atoms with Gasteiger partial charge >= 0.3 is 88.7 Å². The zero-order valence-electron chi connectivity index (χ0n) is 8.34. The summed E-state index contributed by atoms with van der Waals surface area (Å²) < 4.78 is 29.9. The monoisotopic (exact) mass is 262 g/mol. The van der Waals surface area contributed by atoms with E-state index < -0.39 is 27.0 Å². The minimum Gasteiger partial charge on any atom is -0.744 e. The number of hydrogen-bond donors (Lipinski definition) is 0. The van der Waals surface area contributed by atoms with E-state index in [9.17, 15) is 32.8 Å². The summed E-state index contributed by atoms with van der Waals surface area (Å²) in [6.07, 6.45) is -0.350. The maximum Gasteiger partial charge on any atom is 1.00 e. The van der Waals surface area contributed by atoms with Crippen molar-refractivity contribution in [2.24, 2.45) is 0 Å². The van der Waals surface area contributed by atoms with Crippen molar-refractivity contribution in [3.05, 3.63) is 11.0 Å². The second-order valence-corrected chi connectivity index (χ2v) is 2.92. The molecule has 68 valence electrons. The molecule has 0 atom stereocenters. The number of hydrogen-bond acceptors (Lipinski definition) is 7. The Kier molecular flexibility index (Phi) is 18.2. The van der Waals surface area contributed by atoms with Crippen LogP contribution in [0.1, 0.15) is 0 Å². The van der Waals surface area contributed by atoms with Gasteiger partial charge in [0.05, 0.1) is 16.8 Å². The summed E-state index contributed by atoms with van der Waals surface area (Å²) >= 11 is 0. The summed E-state index contributed by atoms with van der Waals surface area (Å²) in [6, 6.07) is 0. The number of carbonyl (C=O) groups is 2. The largest absolute Gasteiger partial charge is 1.00 e. The summed E-state index contributed by atoms with van der Waals surface area (Å²) in [5.41, 5.74) is 0. The van der Waals surface area contributed by atoms with Crippen LogP contribution < -0.4 is 98.9 Å². The molecular formula is C4HNa3O7S. The number of carbonyl (C=O) groups excluding carboxylic acids is 2. The van der Waals surface area contributed by atoms with Crippen molar-refractivity contribution in [1.82, 2.24) is 0 Å². The molecule has 0 N–H and O–H groups in total. The molecule has 15 heavy (non-hydrogen) atoms. The molecule has 0 rings (SSSR count). The van der Waals surface area contributed by atoms with Crippen LogP contribution in [0, 0.1) is 0 Å². The predicted octanol–water partition coefficient (Wildman–Crippen LogP) is -13.1. The number of carboxylic acid groups (broad SMARTS) is 2. The Balaban J connectivity index is -0.000000202. The van der Waals surface area contributed by atoms with Crippen LogP contribution in [0.25, 0.3) is 0 Å². The summed E-state index contributed by atoms with van der Waals surface area (Å²) in [4.78, 5) is 17.7. The summed E-state index contributed by atoms with van der Waals surface area (Å²) in [7, 11) is -5.33. The first kappa shape index (κ1) is 25.4. The molecule has 0 aromatic heterocycles. The smallest absolute Gasteiger partial charge is 0.744 e. The van der Waals surface area contributed by atoms with Crippen molar-refractivity contribution in [2.45, 2.75) is 0 Å². The van der Waals surface area contributed by atoms with Crippen molar-refractivity contribution in [2.75, 3.05) is 0 Å². The Morgan fingerprint density at radius 2 is 1.33 bits per heavy atom. The second kappa shape index (κ2) is 10.7. The molecule has 7 nitrogen and oxygen atoms in total. The van der Waals surface area contributed by atoms with Crippen molar-refractivity contribution < 1.29 is 121 Å². The van der Waals surface area contributed by atoms with Crippen LogP contribution in [0.4, 0.5) is 0 Å². The Morgan fingerprint density at radius 1 is 1.00 bits per heavy atom. The first-order valence-corrected chi connectivity index (χ1v) is 3.76. The predicted molar refractivity (Wildman–Crippen MR) is 27.8 cm³/mol. The molecule has 0 aliphatic heterocycles. The SMILES string of the molecule is O=C([O-])/C=C(\C(=O)[O-])S(=O)(=O)[O-].[Na+].[Na+].[Na+]. The van der Waals surface area contributed by atoms with Crippen LogP contribution in [0.15, 0.2) is 11.0 Å². The van der Waals surface area contributed by atoms with E-state index in [2.05, 4.69) is 0 Å². The molecule has 0 unspecified atom stereocenters. The van der Waals surface area contributed by atoms with Crippen molar-refractivity contribution in [1.29, 1.82) is 0 Å². The maximum absolute atomic E-state index is 9.97. The van der Waals surface area contributed by atoms with Crippen LogP contribution in [-0.4, -0.2) is 24.9 Å². The average molecular weight is 262 g/mol. The van der Waals surface area contributed by atoms with Gasteiger partial charge in [0, 0.05) is 0 Å². The fourth-order valence-electron chi connectivity index (χ4n) is 0.340. The molecule has 0 amide bonds. The van der Waals surface area contributed by atoms with Crippen molar-refractivity contribution in [3.63, 3.8) is 0 Å². The van der Waals surface area contributed by atoms with Gasteiger partial charge in [-0.2, -0.15) is 0 Å². The molecule has 0 aliphatic carbocycles. The summed E-state index contributed by atoms with van der Waals surface area (Å²) in [5.74, 6) is -4.48. The van der Waals surface area contributed by atoms with Crippen LogP contribution in [0.2, 0.25) is 0 Å². The normalized spacial score (nSPS) is 10.1. The third-order valence-corrected chi connectivity index (χ3v) is 1.54. The van der Waals surface area contributed by atoms with E-state index in [0.29, 0.717) is 0 Å². The third-order valence-electron chi connectivity index (χ3n) is 0.719. The first-order valence-electron chi connectivity index (χ1n) is 2.35. The molecule has 0 aromatic carbocycles. The molecule has 0 spiro atoms. The number of aliphatic carboxylic acids is 2. The van der Waals surface area contributed by atoms with Gasteiger partial charge in [-0.15, -0.1) is 0 Å². The fourth-order valence-corrected chi connectivity index (χ4v) is 0.785. The van der Waals surface area contributed by atoms with Gasteiger partial charge in [0.2, 0.25) is 0 Å². The van der Waals surface area contributed by atoms with Gasteiger partial charge in [-0.3, -0.25) is 0 Å². The Labute approximate surface area is 152 Å². The van der Waals surface area contributed by atoms with E-state index in [4.69, 9.17) is 0 Å². The van der Waals surface area contributed by atoms with Gasteiger partial charge < -0.3 is 24.4 Å². The molecular weight excluding hydrogens is 261 g/mol. The van der Waals surface area contributed by atoms with Crippen LogP contribution >= 0.6 is 0 Å². The fraction of sp³-hybridized carbons (Fsp3) is 0. The van der Waals surface area contributed by atoms with Gasteiger partial charge in [0.25, 0.3) is 0 Å². The molecule has 0 aliphatic rings. The zero-order valence-corrected chi connectivity index (χ0v) is 15.2. The molecule has 0 saturated carbocycles. The minimum atomic E-state index is -5.33. The Morgan fingerprint density at radius 3 is 1.40 bits per heavy atom. The number of rotatable bonds is 3.